The average molecular weight is 288 g/mol. The summed E-state index contributed by atoms with van der Waals surface area (Å²) in [4.78, 5) is 23.2. The first-order chi connectivity index (χ1) is 9.33. The Balaban J connectivity index is 2.72. The van der Waals surface area contributed by atoms with Crippen LogP contribution in [-0.4, -0.2) is 25.0 Å². The maximum Gasteiger partial charge on any atom is 0.389 e. The largest absolute Gasteiger partial charge is 0.389 e. The van der Waals surface area contributed by atoms with Crippen LogP contribution in [0.15, 0.2) is 30.3 Å². The van der Waals surface area contributed by atoms with Gasteiger partial charge in [0, 0.05) is 13.5 Å². The van der Waals surface area contributed by atoms with Crippen molar-refractivity contribution in [2.75, 3.05) is 7.05 Å². The number of halogens is 3. The second-order valence-corrected chi connectivity index (χ2v) is 4.14. The number of carbonyl (C=O) groups excluding carboxylic acids is 2. The highest BCUT2D eigenvalue weighted by molar-refractivity contribution is 5.88. The fraction of sp³-hybridized carbons (Fsp3) is 0.385. The number of nitrogens with one attached hydrogen (secondary N) is 2. The molecule has 1 unspecified atom stereocenters. The van der Waals surface area contributed by atoms with Crippen molar-refractivity contribution in [2.24, 2.45) is 0 Å². The van der Waals surface area contributed by atoms with Crippen molar-refractivity contribution >= 4 is 11.8 Å². The number of hydrogen-bond donors (Lipinski definition) is 2. The predicted molar refractivity (Wildman–Crippen MR) is 66.7 cm³/mol. The molecule has 0 heterocycles. The topological polar surface area (TPSA) is 58.2 Å². The van der Waals surface area contributed by atoms with Gasteiger partial charge in [-0.25, -0.2) is 0 Å². The summed E-state index contributed by atoms with van der Waals surface area (Å²) in [6, 6.07) is 7.31. The van der Waals surface area contributed by atoms with E-state index in [9.17, 15) is 22.8 Å². The molecule has 1 aromatic rings. The van der Waals surface area contributed by atoms with Crippen LogP contribution in [0.3, 0.4) is 0 Å². The molecule has 0 aliphatic carbocycles. The molecular weight excluding hydrogens is 273 g/mol. The van der Waals surface area contributed by atoms with Gasteiger partial charge in [-0.3, -0.25) is 9.59 Å². The number of rotatable bonds is 5. The van der Waals surface area contributed by atoms with Gasteiger partial charge < -0.3 is 10.6 Å². The summed E-state index contributed by atoms with van der Waals surface area (Å²) in [6.07, 6.45) is -6.31. The first-order valence-corrected chi connectivity index (χ1v) is 5.96. The third kappa shape index (κ3) is 5.29. The molecule has 110 valence electrons. The minimum absolute atomic E-state index is 0.489. The van der Waals surface area contributed by atoms with Crippen molar-refractivity contribution in [1.29, 1.82) is 0 Å². The predicted octanol–water partition coefficient (Wildman–Crippen LogP) is 1.93. The molecule has 7 heteroatoms. The van der Waals surface area contributed by atoms with Gasteiger partial charge in [-0.15, -0.1) is 0 Å². The summed E-state index contributed by atoms with van der Waals surface area (Å²) in [5, 5.41) is 4.67. The molecule has 2 N–H and O–H groups in total. The fourth-order valence-corrected chi connectivity index (χ4v) is 1.58. The highest BCUT2D eigenvalue weighted by Crippen LogP contribution is 2.21. The molecule has 20 heavy (non-hydrogen) atoms. The Morgan fingerprint density at radius 2 is 1.80 bits per heavy atom. The van der Waals surface area contributed by atoms with Crippen LogP contribution in [0, 0.1) is 0 Å². The van der Waals surface area contributed by atoms with Gasteiger partial charge in [0.2, 0.25) is 11.8 Å². The zero-order chi connectivity index (χ0) is 15.2. The van der Waals surface area contributed by atoms with Gasteiger partial charge in [0.1, 0.15) is 6.04 Å². The van der Waals surface area contributed by atoms with Crippen molar-refractivity contribution in [3.05, 3.63) is 35.9 Å². The fourth-order valence-electron chi connectivity index (χ4n) is 1.58. The lowest BCUT2D eigenvalue weighted by Crippen LogP contribution is -2.39. The van der Waals surface area contributed by atoms with Crippen LogP contribution in [0.4, 0.5) is 13.2 Å². The molecule has 0 aromatic heterocycles. The Kier molecular flexibility index (Phi) is 5.54. The molecule has 1 aromatic carbocycles. The lowest BCUT2D eigenvalue weighted by Gasteiger charge is -2.18. The van der Waals surface area contributed by atoms with Crippen LogP contribution in [0.1, 0.15) is 24.4 Å². The minimum Gasteiger partial charge on any atom is -0.357 e. The van der Waals surface area contributed by atoms with E-state index in [1.165, 1.54) is 7.05 Å². The first kappa shape index (κ1) is 16.0. The Bertz CT molecular complexity index is 460. The number of carbonyl (C=O) groups is 2. The molecule has 0 aliphatic rings. The third-order valence-electron chi connectivity index (χ3n) is 2.58. The van der Waals surface area contributed by atoms with Crippen molar-refractivity contribution in [3.8, 4) is 0 Å². The Morgan fingerprint density at radius 1 is 1.20 bits per heavy atom. The van der Waals surface area contributed by atoms with Gasteiger partial charge in [0.15, 0.2) is 0 Å². The number of amides is 2. The molecular formula is C13H15F3N2O2. The molecule has 0 spiro atoms. The number of benzene rings is 1. The molecule has 1 rings (SSSR count). The standard InChI is InChI=1S/C13H15F3N2O2/c1-17-12(20)11(9-5-3-2-4-6-9)18-10(19)7-8-13(14,15)16/h2-6,11H,7-8H2,1H3,(H,17,20)(H,18,19). The van der Waals surface area contributed by atoms with Gasteiger partial charge in [0.25, 0.3) is 0 Å². The Hall–Kier alpha value is -2.05. The molecule has 0 radical (unpaired) electrons. The summed E-state index contributed by atoms with van der Waals surface area (Å²) < 4.78 is 36.1. The number of hydrogen-bond acceptors (Lipinski definition) is 2. The highest BCUT2D eigenvalue weighted by atomic mass is 19.4. The van der Waals surface area contributed by atoms with Gasteiger partial charge in [-0.1, -0.05) is 30.3 Å². The zero-order valence-electron chi connectivity index (χ0n) is 10.8. The molecule has 0 fully saturated rings. The third-order valence-corrected chi connectivity index (χ3v) is 2.58. The van der Waals surface area contributed by atoms with E-state index in [2.05, 4.69) is 10.6 Å². The van der Waals surface area contributed by atoms with E-state index in [1.807, 2.05) is 0 Å². The molecule has 0 aliphatic heterocycles. The van der Waals surface area contributed by atoms with Crippen molar-refractivity contribution < 1.29 is 22.8 Å². The quantitative estimate of drug-likeness (QED) is 0.870. The average Bonchev–Trinajstić information content (AvgIpc) is 2.42. The number of alkyl halides is 3. The second-order valence-electron chi connectivity index (χ2n) is 4.14. The van der Waals surface area contributed by atoms with E-state index < -0.39 is 36.9 Å². The molecule has 0 saturated heterocycles. The smallest absolute Gasteiger partial charge is 0.357 e. The zero-order valence-corrected chi connectivity index (χ0v) is 10.8. The summed E-state index contributed by atoms with van der Waals surface area (Å²) in [6.45, 7) is 0. The lowest BCUT2D eigenvalue weighted by atomic mass is 10.1. The lowest BCUT2D eigenvalue weighted by molar-refractivity contribution is -0.144. The minimum atomic E-state index is -4.40. The van der Waals surface area contributed by atoms with Gasteiger partial charge >= 0.3 is 6.18 Å². The van der Waals surface area contributed by atoms with Crippen LogP contribution >= 0.6 is 0 Å². The maximum atomic E-state index is 12.0. The molecule has 2 amide bonds. The summed E-state index contributed by atoms with van der Waals surface area (Å²) in [5.41, 5.74) is 0.507. The van der Waals surface area contributed by atoms with Gasteiger partial charge in [0.05, 0.1) is 6.42 Å². The van der Waals surface area contributed by atoms with Crippen LogP contribution in [0.25, 0.3) is 0 Å². The van der Waals surface area contributed by atoms with Crippen molar-refractivity contribution in [2.45, 2.75) is 25.1 Å². The summed E-state index contributed by atoms with van der Waals surface area (Å²) in [5.74, 6) is -1.31. The summed E-state index contributed by atoms with van der Waals surface area (Å²) in [7, 11) is 1.39. The Morgan fingerprint density at radius 3 is 2.30 bits per heavy atom. The normalized spacial score (nSPS) is 12.6. The highest BCUT2D eigenvalue weighted by Gasteiger charge is 2.29. The SMILES string of the molecule is CNC(=O)C(NC(=O)CCC(F)(F)F)c1ccccc1. The van der Waals surface area contributed by atoms with Crippen molar-refractivity contribution in [1.82, 2.24) is 10.6 Å². The van der Waals surface area contributed by atoms with Gasteiger partial charge in [-0.05, 0) is 5.56 Å². The molecule has 4 nitrogen and oxygen atoms in total. The van der Waals surface area contributed by atoms with E-state index in [-0.39, 0.29) is 0 Å². The van der Waals surface area contributed by atoms with Crippen LogP contribution < -0.4 is 10.6 Å². The summed E-state index contributed by atoms with van der Waals surface area (Å²) >= 11 is 0. The van der Waals surface area contributed by atoms with E-state index in [0.717, 1.165) is 0 Å². The first-order valence-electron chi connectivity index (χ1n) is 5.96. The monoisotopic (exact) mass is 288 g/mol. The van der Waals surface area contributed by atoms with Crippen LogP contribution in [-0.2, 0) is 9.59 Å². The number of likely N-dealkylation sites (N-methyl/N-ethyl adjacent to an activating group) is 1. The van der Waals surface area contributed by atoms with Gasteiger partial charge in [-0.2, -0.15) is 13.2 Å². The van der Waals surface area contributed by atoms with Crippen molar-refractivity contribution in [3.63, 3.8) is 0 Å². The Labute approximate surface area is 114 Å². The molecule has 1 atom stereocenters. The molecule has 0 bridgehead atoms. The maximum absolute atomic E-state index is 12.0. The second kappa shape index (κ2) is 6.93. The van der Waals surface area contributed by atoms with E-state index >= 15 is 0 Å². The molecule has 0 saturated carbocycles. The van der Waals surface area contributed by atoms with Crippen LogP contribution in [0.2, 0.25) is 0 Å². The van der Waals surface area contributed by atoms with E-state index in [4.69, 9.17) is 0 Å². The van der Waals surface area contributed by atoms with E-state index in [1.54, 1.807) is 30.3 Å². The van der Waals surface area contributed by atoms with Crippen LogP contribution in [0.5, 0.6) is 0 Å². The van der Waals surface area contributed by atoms with E-state index in [0.29, 0.717) is 5.56 Å².